The second kappa shape index (κ2) is 4.80. The van der Waals surface area contributed by atoms with E-state index in [1.165, 1.54) is 5.20 Å². The van der Waals surface area contributed by atoms with Crippen molar-refractivity contribution in [3.63, 3.8) is 0 Å². The molecule has 0 amide bonds. The van der Waals surface area contributed by atoms with Gasteiger partial charge in [-0.05, 0) is 20.8 Å². The van der Waals surface area contributed by atoms with Crippen molar-refractivity contribution < 1.29 is 4.74 Å². The Morgan fingerprint density at radius 3 is 2.40 bits per heavy atom. The third-order valence-corrected chi connectivity index (χ3v) is 2.44. The minimum absolute atomic E-state index is 0.144. The second-order valence-electron chi connectivity index (χ2n) is 2.64. The molecule has 0 spiro atoms. The molecule has 0 aromatic rings. The zero-order chi connectivity index (χ0) is 8.15. The molecule has 0 aliphatic carbocycles. The number of halogens is 1. The molecule has 0 heterocycles. The normalized spacial score (nSPS) is 16.4. The molecule has 0 fully saturated rings. The molecule has 0 N–H and O–H groups in total. The van der Waals surface area contributed by atoms with Crippen molar-refractivity contribution in [2.75, 3.05) is 5.88 Å². The van der Waals surface area contributed by atoms with Gasteiger partial charge >= 0.3 is 0 Å². The molecule has 60 valence electrons. The Labute approximate surface area is 70.8 Å². The van der Waals surface area contributed by atoms with Crippen LogP contribution >= 0.6 is 11.6 Å². The first-order chi connectivity index (χ1) is 4.57. The molecule has 10 heavy (non-hydrogen) atoms. The van der Waals surface area contributed by atoms with E-state index < -0.39 is 0 Å². The highest BCUT2D eigenvalue weighted by molar-refractivity contribution is 6.21. The summed E-state index contributed by atoms with van der Waals surface area (Å²) in [6.45, 7) is 6.05. The highest BCUT2D eigenvalue weighted by Crippen LogP contribution is 2.05. The van der Waals surface area contributed by atoms with E-state index in [2.05, 4.69) is 6.92 Å². The molecule has 0 rings (SSSR count). The zero-order valence-corrected chi connectivity index (χ0v) is 9.83. The van der Waals surface area contributed by atoms with Crippen molar-refractivity contribution in [1.29, 1.82) is 0 Å². The monoisotopic (exact) mass is 178 g/mol. The van der Waals surface area contributed by atoms with Crippen LogP contribution in [-0.2, 0) is 4.74 Å². The first-order valence-corrected chi connectivity index (χ1v) is 4.98. The summed E-state index contributed by atoms with van der Waals surface area (Å²) < 4.78 is 5.44. The highest BCUT2D eigenvalue weighted by atomic mass is 35.5. The van der Waals surface area contributed by atoms with Crippen LogP contribution in [-0.4, -0.2) is 22.2 Å². The van der Waals surface area contributed by atoms with E-state index in [9.17, 15) is 0 Å². The molecule has 1 unspecified atom stereocenters. The lowest BCUT2D eigenvalue weighted by atomic mass is 10.4. The largest absolute Gasteiger partial charge is 0.495 e. The van der Waals surface area contributed by atoms with E-state index >= 15 is 0 Å². The minimum atomic E-state index is 0.144. The fourth-order valence-corrected chi connectivity index (χ4v) is 0.632. The number of alkyl halides is 1. The second-order valence-corrected chi connectivity index (χ2v) is 4.45. The molecule has 0 bridgehead atoms. The van der Waals surface area contributed by atoms with Crippen molar-refractivity contribution in [2.24, 2.45) is 0 Å². The number of ether oxygens (including phenoxy) is 1. The molecule has 0 saturated heterocycles. The zero-order valence-electron chi connectivity index (χ0n) is 7.07. The van der Waals surface area contributed by atoms with Gasteiger partial charge in [0, 0.05) is 10.2 Å². The maximum Gasteiger partial charge on any atom is 0.109 e. The standard InChI is InChI=1S/C7H15ClOSi/c1-5(4-8)9-6(2)7(3)10/h5H,4H2,1-3,10H3. The maximum atomic E-state index is 5.56. The van der Waals surface area contributed by atoms with Crippen LogP contribution in [0.1, 0.15) is 20.8 Å². The molecule has 0 aliphatic rings. The van der Waals surface area contributed by atoms with Gasteiger partial charge < -0.3 is 4.74 Å². The molecular formula is C7H15ClOSi. The number of hydrogen-bond acceptors (Lipinski definition) is 1. The summed E-state index contributed by atoms with van der Waals surface area (Å²) in [6, 6.07) is 0. The lowest BCUT2D eigenvalue weighted by Crippen LogP contribution is -2.08. The van der Waals surface area contributed by atoms with Gasteiger partial charge in [-0.1, -0.05) is 5.20 Å². The third-order valence-electron chi connectivity index (χ3n) is 1.30. The Bertz CT molecular complexity index is 130. The van der Waals surface area contributed by atoms with E-state index in [0.29, 0.717) is 5.88 Å². The number of allylic oxidation sites excluding steroid dienone is 2. The average molecular weight is 179 g/mol. The summed E-state index contributed by atoms with van der Waals surface area (Å²) in [5, 5.41) is 1.34. The molecule has 3 heteroatoms. The van der Waals surface area contributed by atoms with Gasteiger partial charge in [-0.2, -0.15) is 0 Å². The Hall–Kier alpha value is 0.0469. The Balaban J connectivity index is 3.79. The lowest BCUT2D eigenvalue weighted by Gasteiger charge is -2.12. The van der Waals surface area contributed by atoms with Crippen molar-refractivity contribution in [2.45, 2.75) is 26.9 Å². The molecule has 0 saturated carbocycles. The van der Waals surface area contributed by atoms with Crippen LogP contribution in [0.2, 0.25) is 0 Å². The van der Waals surface area contributed by atoms with E-state index in [4.69, 9.17) is 16.3 Å². The first kappa shape index (κ1) is 10.0. The van der Waals surface area contributed by atoms with Crippen LogP contribution in [0.15, 0.2) is 11.0 Å². The maximum absolute atomic E-state index is 5.56. The van der Waals surface area contributed by atoms with Crippen LogP contribution in [0.3, 0.4) is 0 Å². The predicted octanol–water partition coefficient (Wildman–Crippen LogP) is 1.25. The smallest absolute Gasteiger partial charge is 0.109 e. The molecule has 0 aliphatic heterocycles. The van der Waals surface area contributed by atoms with E-state index in [0.717, 1.165) is 16.0 Å². The molecule has 0 aromatic carbocycles. The average Bonchev–Trinajstić information content (AvgIpc) is 1.87. The summed E-state index contributed by atoms with van der Waals surface area (Å²) in [5.74, 6) is 1.60. The Morgan fingerprint density at radius 2 is 2.10 bits per heavy atom. The molecule has 0 aromatic heterocycles. The fraction of sp³-hybridized carbons (Fsp3) is 0.714. The van der Waals surface area contributed by atoms with Gasteiger partial charge in [0.15, 0.2) is 0 Å². The van der Waals surface area contributed by atoms with Crippen LogP contribution in [0.5, 0.6) is 0 Å². The van der Waals surface area contributed by atoms with Gasteiger partial charge in [-0.15, -0.1) is 11.6 Å². The van der Waals surface area contributed by atoms with Gasteiger partial charge in [0.1, 0.15) is 6.10 Å². The molecule has 1 nitrogen and oxygen atoms in total. The Morgan fingerprint density at radius 1 is 1.60 bits per heavy atom. The van der Waals surface area contributed by atoms with Gasteiger partial charge in [0.25, 0.3) is 0 Å². The number of hydrogen-bond donors (Lipinski definition) is 0. The molecule has 0 radical (unpaired) electrons. The van der Waals surface area contributed by atoms with Gasteiger partial charge in [0.2, 0.25) is 0 Å². The third kappa shape index (κ3) is 3.96. The van der Waals surface area contributed by atoms with Crippen molar-refractivity contribution in [1.82, 2.24) is 0 Å². The van der Waals surface area contributed by atoms with Crippen LogP contribution in [0.25, 0.3) is 0 Å². The minimum Gasteiger partial charge on any atom is -0.495 e. The van der Waals surface area contributed by atoms with Gasteiger partial charge in [0.05, 0.1) is 11.6 Å². The Kier molecular flexibility index (Phi) is 4.82. The van der Waals surface area contributed by atoms with Gasteiger partial charge in [-0.25, -0.2) is 0 Å². The van der Waals surface area contributed by atoms with E-state index in [1.54, 1.807) is 0 Å². The number of rotatable bonds is 3. The van der Waals surface area contributed by atoms with E-state index in [-0.39, 0.29) is 6.10 Å². The first-order valence-electron chi connectivity index (χ1n) is 3.44. The predicted molar refractivity (Wildman–Crippen MR) is 49.6 cm³/mol. The van der Waals surface area contributed by atoms with Gasteiger partial charge in [-0.3, -0.25) is 0 Å². The van der Waals surface area contributed by atoms with Crippen molar-refractivity contribution >= 4 is 21.8 Å². The summed E-state index contributed by atoms with van der Waals surface area (Å²) in [5.41, 5.74) is 0. The summed E-state index contributed by atoms with van der Waals surface area (Å²) >= 11 is 5.56. The highest BCUT2D eigenvalue weighted by Gasteiger charge is 2.00. The molecular weight excluding hydrogens is 164 g/mol. The topological polar surface area (TPSA) is 9.23 Å². The summed E-state index contributed by atoms with van der Waals surface area (Å²) in [4.78, 5) is 0. The van der Waals surface area contributed by atoms with Crippen LogP contribution < -0.4 is 0 Å². The van der Waals surface area contributed by atoms with Crippen molar-refractivity contribution in [3.8, 4) is 0 Å². The van der Waals surface area contributed by atoms with Crippen LogP contribution in [0, 0.1) is 0 Å². The van der Waals surface area contributed by atoms with E-state index in [1.807, 2.05) is 13.8 Å². The molecule has 1 atom stereocenters. The summed E-state index contributed by atoms with van der Waals surface area (Å²) in [7, 11) is 1.07. The van der Waals surface area contributed by atoms with Crippen LogP contribution in [0.4, 0.5) is 0 Å². The van der Waals surface area contributed by atoms with Crippen molar-refractivity contribution in [3.05, 3.63) is 11.0 Å². The summed E-state index contributed by atoms with van der Waals surface area (Å²) in [6.07, 6.45) is 0.144. The fourth-order valence-electron chi connectivity index (χ4n) is 0.451. The SMILES string of the molecule is CC([SiH3])=C(C)OC(C)CCl. The lowest BCUT2D eigenvalue weighted by molar-refractivity contribution is 0.150. The quantitative estimate of drug-likeness (QED) is 0.359.